The molecule has 1 saturated heterocycles. The van der Waals surface area contributed by atoms with Crippen LogP contribution in [0.25, 0.3) is 0 Å². The minimum Gasteiger partial charge on any atom is -0.373 e. The Kier molecular flexibility index (Phi) is 3.58. The minimum atomic E-state index is 0.376. The lowest BCUT2D eigenvalue weighted by molar-refractivity contribution is 0.263. The summed E-state index contributed by atoms with van der Waals surface area (Å²) in [4.78, 5) is 12.1. The highest BCUT2D eigenvalue weighted by Crippen LogP contribution is 2.41. The Morgan fingerprint density at radius 1 is 1.14 bits per heavy atom. The van der Waals surface area contributed by atoms with Gasteiger partial charge in [0.2, 0.25) is 0 Å². The summed E-state index contributed by atoms with van der Waals surface area (Å²) in [6, 6.07) is 0. The van der Waals surface area contributed by atoms with Crippen molar-refractivity contribution < 1.29 is 0 Å². The van der Waals surface area contributed by atoms with Crippen molar-refractivity contribution in [1.29, 1.82) is 0 Å². The molecule has 1 saturated carbocycles. The third kappa shape index (κ3) is 2.85. The number of aromatic nitrogens is 2. The van der Waals surface area contributed by atoms with Crippen LogP contribution in [0.4, 0.5) is 11.6 Å². The van der Waals surface area contributed by atoms with Crippen LogP contribution in [0.2, 0.25) is 0 Å². The SMILES string of the molecule is CNc1nc(C2CC2)nc(N2CCC(C(C)(C)C)C2)c1C. The van der Waals surface area contributed by atoms with Crippen LogP contribution in [0.1, 0.15) is 57.3 Å². The molecule has 0 bridgehead atoms. The molecular weight excluding hydrogens is 260 g/mol. The quantitative estimate of drug-likeness (QED) is 0.923. The maximum absolute atomic E-state index is 4.92. The largest absolute Gasteiger partial charge is 0.373 e. The zero-order valence-corrected chi connectivity index (χ0v) is 14.0. The van der Waals surface area contributed by atoms with Crippen molar-refractivity contribution in [2.45, 2.75) is 52.9 Å². The average molecular weight is 288 g/mol. The van der Waals surface area contributed by atoms with Gasteiger partial charge in [-0.25, -0.2) is 9.97 Å². The van der Waals surface area contributed by atoms with Gasteiger partial charge >= 0.3 is 0 Å². The van der Waals surface area contributed by atoms with E-state index in [2.05, 4.69) is 37.9 Å². The molecule has 1 aromatic rings. The monoisotopic (exact) mass is 288 g/mol. The molecule has 1 N–H and O–H groups in total. The van der Waals surface area contributed by atoms with Gasteiger partial charge in [0, 0.05) is 31.6 Å². The molecular formula is C17H28N4. The van der Waals surface area contributed by atoms with Gasteiger partial charge in [0.15, 0.2) is 0 Å². The van der Waals surface area contributed by atoms with Gasteiger partial charge in [-0.05, 0) is 37.5 Å². The van der Waals surface area contributed by atoms with Crippen LogP contribution in [0.15, 0.2) is 0 Å². The molecule has 116 valence electrons. The van der Waals surface area contributed by atoms with E-state index in [4.69, 9.17) is 9.97 Å². The molecule has 1 unspecified atom stereocenters. The molecule has 2 fully saturated rings. The highest BCUT2D eigenvalue weighted by Gasteiger charge is 2.34. The summed E-state index contributed by atoms with van der Waals surface area (Å²) >= 11 is 0. The van der Waals surface area contributed by atoms with E-state index in [1.807, 2.05) is 7.05 Å². The fourth-order valence-electron chi connectivity index (χ4n) is 3.26. The van der Waals surface area contributed by atoms with Crippen LogP contribution in [-0.4, -0.2) is 30.1 Å². The van der Waals surface area contributed by atoms with E-state index in [0.717, 1.165) is 36.5 Å². The second-order valence-electron chi connectivity index (χ2n) is 7.70. The van der Waals surface area contributed by atoms with Crippen LogP contribution < -0.4 is 10.2 Å². The predicted molar refractivity (Wildman–Crippen MR) is 88.1 cm³/mol. The number of anilines is 2. The second-order valence-corrected chi connectivity index (χ2v) is 7.70. The van der Waals surface area contributed by atoms with Crippen LogP contribution in [0.3, 0.4) is 0 Å². The predicted octanol–water partition coefficient (Wildman–Crippen LogP) is 3.58. The molecule has 1 atom stereocenters. The van der Waals surface area contributed by atoms with Gasteiger partial charge in [-0.15, -0.1) is 0 Å². The van der Waals surface area contributed by atoms with Crippen LogP contribution in [-0.2, 0) is 0 Å². The van der Waals surface area contributed by atoms with Gasteiger partial charge in [-0.2, -0.15) is 0 Å². The number of nitrogens with zero attached hydrogens (tertiary/aromatic N) is 3. The molecule has 1 aliphatic carbocycles. The second kappa shape index (κ2) is 5.15. The first-order valence-corrected chi connectivity index (χ1v) is 8.21. The van der Waals surface area contributed by atoms with Crippen LogP contribution in [0.5, 0.6) is 0 Å². The van der Waals surface area contributed by atoms with E-state index in [1.54, 1.807) is 0 Å². The maximum Gasteiger partial charge on any atom is 0.137 e. The smallest absolute Gasteiger partial charge is 0.137 e. The molecule has 0 amide bonds. The minimum absolute atomic E-state index is 0.376. The lowest BCUT2D eigenvalue weighted by Crippen LogP contribution is -2.27. The standard InChI is InChI=1S/C17H28N4/c1-11-14(18-5)19-15(12-6-7-12)20-16(11)21-9-8-13(10-21)17(2,3)4/h12-13H,6-10H2,1-5H3,(H,18,19,20). The zero-order valence-electron chi connectivity index (χ0n) is 14.0. The Morgan fingerprint density at radius 2 is 1.86 bits per heavy atom. The summed E-state index contributed by atoms with van der Waals surface area (Å²) in [5, 5.41) is 3.25. The number of nitrogens with one attached hydrogen (secondary N) is 1. The normalized spacial score (nSPS) is 22.7. The Balaban J connectivity index is 1.89. The highest BCUT2D eigenvalue weighted by molar-refractivity contribution is 5.59. The van der Waals surface area contributed by atoms with E-state index in [-0.39, 0.29) is 0 Å². The Hall–Kier alpha value is -1.32. The number of hydrogen-bond donors (Lipinski definition) is 1. The summed E-state index contributed by atoms with van der Waals surface area (Å²) in [7, 11) is 1.96. The molecule has 1 aliphatic heterocycles. The topological polar surface area (TPSA) is 41.1 Å². The van der Waals surface area contributed by atoms with E-state index < -0.39 is 0 Å². The molecule has 0 aromatic carbocycles. The molecule has 2 aliphatic rings. The van der Waals surface area contributed by atoms with Crippen molar-refractivity contribution in [3.8, 4) is 0 Å². The van der Waals surface area contributed by atoms with E-state index in [9.17, 15) is 0 Å². The number of hydrogen-bond acceptors (Lipinski definition) is 4. The summed E-state index contributed by atoms with van der Waals surface area (Å²) in [6.07, 6.45) is 3.76. The van der Waals surface area contributed by atoms with Gasteiger partial charge in [0.1, 0.15) is 17.5 Å². The Morgan fingerprint density at radius 3 is 2.38 bits per heavy atom. The van der Waals surface area contributed by atoms with Crippen LogP contribution >= 0.6 is 0 Å². The number of rotatable bonds is 3. The maximum atomic E-state index is 4.92. The van der Waals surface area contributed by atoms with E-state index in [1.165, 1.54) is 24.8 Å². The first kappa shape index (κ1) is 14.6. The molecule has 1 aromatic heterocycles. The van der Waals surface area contributed by atoms with Gasteiger partial charge in [-0.1, -0.05) is 20.8 Å². The van der Waals surface area contributed by atoms with Gasteiger partial charge in [0.25, 0.3) is 0 Å². The van der Waals surface area contributed by atoms with Crippen molar-refractivity contribution in [1.82, 2.24) is 9.97 Å². The van der Waals surface area contributed by atoms with Crippen molar-refractivity contribution in [3.05, 3.63) is 11.4 Å². The average Bonchev–Trinajstić information content (AvgIpc) is 3.14. The van der Waals surface area contributed by atoms with Gasteiger partial charge in [0.05, 0.1) is 0 Å². The lowest BCUT2D eigenvalue weighted by Gasteiger charge is -2.28. The summed E-state index contributed by atoms with van der Waals surface area (Å²) < 4.78 is 0. The van der Waals surface area contributed by atoms with Crippen molar-refractivity contribution in [2.75, 3.05) is 30.4 Å². The van der Waals surface area contributed by atoms with Crippen molar-refractivity contribution in [3.63, 3.8) is 0 Å². The first-order chi connectivity index (χ1) is 9.90. The van der Waals surface area contributed by atoms with Crippen molar-refractivity contribution in [2.24, 2.45) is 11.3 Å². The first-order valence-electron chi connectivity index (χ1n) is 8.21. The van der Waals surface area contributed by atoms with Crippen LogP contribution in [0, 0.1) is 18.3 Å². The van der Waals surface area contributed by atoms with Gasteiger partial charge in [-0.3, -0.25) is 0 Å². The van der Waals surface area contributed by atoms with Crippen molar-refractivity contribution >= 4 is 11.6 Å². The lowest BCUT2D eigenvalue weighted by atomic mass is 9.80. The Bertz CT molecular complexity index is 528. The van der Waals surface area contributed by atoms with E-state index >= 15 is 0 Å². The third-order valence-corrected chi connectivity index (χ3v) is 5.03. The molecule has 3 rings (SSSR count). The zero-order chi connectivity index (χ0) is 15.2. The van der Waals surface area contributed by atoms with E-state index in [0.29, 0.717) is 11.3 Å². The molecule has 2 heterocycles. The molecule has 21 heavy (non-hydrogen) atoms. The molecule has 4 nitrogen and oxygen atoms in total. The summed E-state index contributed by atoms with van der Waals surface area (Å²) in [6.45, 7) is 11.4. The fraction of sp³-hybridized carbons (Fsp3) is 0.765. The molecule has 0 radical (unpaired) electrons. The molecule has 0 spiro atoms. The summed E-state index contributed by atoms with van der Waals surface area (Å²) in [5.41, 5.74) is 1.57. The summed E-state index contributed by atoms with van der Waals surface area (Å²) in [5.74, 6) is 4.54. The Labute approximate surface area is 128 Å². The van der Waals surface area contributed by atoms with Gasteiger partial charge < -0.3 is 10.2 Å². The molecule has 4 heteroatoms. The highest BCUT2D eigenvalue weighted by atomic mass is 15.2. The fourth-order valence-corrected chi connectivity index (χ4v) is 3.26. The third-order valence-electron chi connectivity index (χ3n) is 5.03.